The Morgan fingerprint density at radius 2 is 2.00 bits per heavy atom. The molecule has 0 aliphatic carbocycles. The third kappa shape index (κ3) is 1.94. The first-order valence-electron chi connectivity index (χ1n) is 4.43. The molecule has 2 N–H and O–H groups in total. The number of para-hydroxylation sites is 1. The second-order valence-corrected chi connectivity index (χ2v) is 3.16. The molecule has 14 heavy (non-hydrogen) atoms. The Labute approximate surface area is 89.6 Å². The molecule has 4 heteroatoms. The molecule has 3 nitrogen and oxygen atoms in total. The molecular weight excluding hydrogens is 202 g/mol. The summed E-state index contributed by atoms with van der Waals surface area (Å²) in [7, 11) is 0. The van der Waals surface area contributed by atoms with Gasteiger partial charge in [0.05, 0.1) is 0 Å². The van der Waals surface area contributed by atoms with E-state index in [-0.39, 0.29) is 18.4 Å². The van der Waals surface area contributed by atoms with E-state index in [9.17, 15) is 0 Å². The monoisotopic (exact) mass is 215 g/mol. The van der Waals surface area contributed by atoms with Gasteiger partial charge in [-0.15, -0.1) is 12.4 Å². The maximum absolute atomic E-state index is 5.80. The number of rotatable bonds is 1. The Hall–Kier alpha value is -0.930. The summed E-state index contributed by atoms with van der Waals surface area (Å²) in [6, 6.07) is 5.79. The molecule has 0 spiro atoms. The van der Waals surface area contributed by atoms with Crippen molar-refractivity contribution in [2.45, 2.75) is 13.0 Å². The molecule has 78 valence electrons. The minimum Gasteiger partial charge on any atom is -0.486 e. The van der Waals surface area contributed by atoms with Gasteiger partial charge in [0.2, 0.25) is 0 Å². The highest BCUT2D eigenvalue weighted by Gasteiger charge is 2.16. The highest BCUT2D eigenvalue weighted by molar-refractivity contribution is 5.85. The van der Waals surface area contributed by atoms with Crippen LogP contribution in [0.5, 0.6) is 11.5 Å². The minimum absolute atomic E-state index is 0. The highest BCUT2D eigenvalue weighted by Crippen LogP contribution is 2.35. The summed E-state index contributed by atoms with van der Waals surface area (Å²) in [6.07, 6.45) is 0. The summed E-state index contributed by atoms with van der Waals surface area (Å²) < 4.78 is 10.9. The van der Waals surface area contributed by atoms with E-state index in [1.165, 1.54) is 0 Å². The van der Waals surface area contributed by atoms with Gasteiger partial charge in [0.1, 0.15) is 13.2 Å². The number of halogens is 1. The maximum Gasteiger partial charge on any atom is 0.166 e. The Kier molecular flexibility index (Phi) is 3.61. The van der Waals surface area contributed by atoms with Crippen molar-refractivity contribution in [3.63, 3.8) is 0 Å². The first-order chi connectivity index (χ1) is 6.29. The van der Waals surface area contributed by atoms with Crippen LogP contribution in [0.2, 0.25) is 0 Å². The molecule has 0 aromatic heterocycles. The predicted octanol–water partition coefficient (Wildman–Crippen LogP) is 1.90. The van der Waals surface area contributed by atoms with Crippen LogP contribution < -0.4 is 15.2 Å². The van der Waals surface area contributed by atoms with Crippen LogP contribution in [0, 0.1) is 0 Å². The lowest BCUT2D eigenvalue weighted by molar-refractivity contribution is 0.169. The third-order valence-electron chi connectivity index (χ3n) is 2.09. The van der Waals surface area contributed by atoms with Crippen LogP contribution in [0.1, 0.15) is 18.5 Å². The lowest BCUT2D eigenvalue weighted by atomic mass is 10.1. The molecule has 0 amide bonds. The van der Waals surface area contributed by atoms with Crippen LogP contribution in [-0.4, -0.2) is 13.2 Å². The summed E-state index contributed by atoms with van der Waals surface area (Å²) in [5, 5.41) is 0. The van der Waals surface area contributed by atoms with E-state index in [1.807, 2.05) is 25.1 Å². The zero-order valence-corrected chi connectivity index (χ0v) is 8.84. The maximum atomic E-state index is 5.80. The molecule has 1 atom stereocenters. The Morgan fingerprint density at radius 3 is 2.71 bits per heavy atom. The number of ether oxygens (including phenoxy) is 2. The number of benzene rings is 1. The van der Waals surface area contributed by atoms with Gasteiger partial charge in [-0.3, -0.25) is 0 Å². The Morgan fingerprint density at radius 1 is 1.29 bits per heavy atom. The van der Waals surface area contributed by atoms with Crippen molar-refractivity contribution < 1.29 is 9.47 Å². The van der Waals surface area contributed by atoms with Crippen LogP contribution in [-0.2, 0) is 0 Å². The summed E-state index contributed by atoms with van der Waals surface area (Å²) in [6.45, 7) is 3.17. The van der Waals surface area contributed by atoms with Crippen molar-refractivity contribution in [3.8, 4) is 11.5 Å². The Balaban J connectivity index is 0.000000980. The molecule has 1 aromatic carbocycles. The summed E-state index contributed by atoms with van der Waals surface area (Å²) in [4.78, 5) is 0. The van der Waals surface area contributed by atoms with E-state index < -0.39 is 0 Å². The van der Waals surface area contributed by atoms with E-state index in [1.54, 1.807) is 0 Å². The molecule has 0 unspecified atom stereocenters. The van der Waals surface area contributed by atoms with Crippen LogP contribution >= 0.6 is 12.4 Å². The minimum atomic E-state index is -0.0170. The largest absolute Gasteiger partial charge is 0.486 e. The molecule has 0 radical (unpaired) electrons. The SMILES string of the molecule is C[C@H](N)c1cccc2c1OCCO2.Cl. The van der Waals surface area contributed by atoms with Crippen molar-refractivity contribution in [2.24, 2.45) is 5.73 Å². The topological polar surface area (TPSA) is 44.5 Å². The number of hydrogen-bond donors (Lipinski definition) is 1. The van der Waals surface area contributed by atoms with Crippen molar-refractivity contribution >= 4 is 12.4 Å². The number of fused-ring (bicyclic) bond motifs is 1. The molecule has 0 saturated heterocycles. The molecular formula is C10H14ClNO2. The molecule has 0 saturated carbocycles. The van der Waals surface area contributed by atoms with Gasteiger partial charge < -0.3 is 15.2 Å². The molecule has 1 aromatic rings. The van der Waals surface area contributed by atoms with Gasteiger partial charge in [0.25, 0.3) is 0 Å². The Bertz CT molecular complexity index is 315. The number of hydrogen-bond acceptors (Lipinski definition) is 3. The smallest absolute Gasteiger partial charge is 0.166 e. The molecule has 0 fully saturated rings. The summed E-state index contributed by atoms with van der Waals surface area (Å²) >= 11 is 0. The first kappa shape index (κ1) is 11.1. The zero-order chi connectivity index (χ0) is 9.26. The standard InChI is InChI=1S/C10H13NO2.ClH/c1-7(11)8-3-2-4-9-10(8)13-6-5-12-9;/h2-4,7H,5-6,11H2,1H3;1H/t7-;/m0./s1. The van der Waals surface area contributed by atoms with Crippen molar-refractivity contribution in [1.29, 1.82) is 0 Å². The fourth-order valence-electron chi connectivity index (χ4n) is 1.45. The van der Waals surface area contributed by atoms with E-state index >= 15 is 0 Å². The van der Waals surface area contributed by atoms with Gasteiger partial charge >= 0.3 is 0 Å². The normalized spacial score (nSPS) is 15.6. The summed E-state index contributed by atoms with van der Waals surface area (Å²) in [5.74, 6) is 1.62. The third-order valence-corrected chi connectivity index (χ3v) is 2.09. The van der Waals surface area contributed by atoms with Crippen molar-refractivity contribution in [1.82, 2.24) is 0 Å². The van der Waals surface area contributed by atoms with Crippen LogP contribution in [0.15, 0.2) is 18.2 Å². The van der Waals surface area contributed by atoms with Gasteiger partial charge in [-0.05, 0) is 13.0 Å². The van der Waals surface area contributed by atoms with Crippen LogP contribution in [0.25, 0.3) is 0 Å². The quantitative estimate of drug-likeness (QED) is 0.778. The van der Waals surface area contributed by atoms with Gasteiger partial charge in [0, 0.05) is 11.6 Å². The average Bonchev–Trinajstić information content (AvgIpc) is 2.17. The van der Waals surface area contributed by atoms with Crippen LogP contribution in [0.4, 0.5) is 0 Å². The predicted molar refractivity (Wildman–Crippen MR) is 57.3 cm³/mol. The van der Waals surface area contributed by atoms with Gasteiger partial charge in [0.15, 0.2) is 11.5 Å². The van der Waals surface area contributed by atoms with E-state index in [0.29, 0.717) is 13.2 Å². The molecule has 1 aliphatic rings. The first-order valence-corrected chi connectivity index (χ1v) is 4.43. The molecule has 1 heterocycles. The van der Waals surface area contributed by atoms with Crippen LogP contribution in [0.3, 0.4) is 0 Å². The summed E-state index contributed by atoms with van der Waals surface area (Å²) in [5.41, 5.74) is 6.81. The van der Waals surface area contributed by atoms with Crippen molar-refractivity contribution in [2.75, 3.05) is 13.2 Å². The average molecular weight is 216 g/mol. The van der Waals surface area contributed by atoms with E-state index in [0.717, 1.165) is 17.1 Å². The van der Waals surface area contributed by atoms with Crippen molar-refractivity contribution in [3.05, 3.63) is 23.8 Å². The lowest BCUT2D eigenvalue weighted by Gasteiger charge is -2.22. The zero-order valence-electron chi connectivity index (χ0n) is 8.03. The second kappa shape index (κ2) is 4.53. The molecule has 2 rings (SSSR count). The van der Waals surface area contributed by atoms with E-state index in [2.05, 4.69) is 0 Å². The highest BCUT2D eigenvalue weighted by atomic mass is 35.5. The van der Waals surface area contributed by atoms with E-state index in [4.69, 9.17) is 15.2 Å². The van der Waals surface area contributed by atoms with Gasteiger partial charge in [-0.2, -0.15) is 0 Å². The molecule has 0 bridgehead atoms. The number of nitrogens with two attached hydrogens (primary N) is 1. The molecule has 1 aliphatic heterocycles. The fourth-order valence-corrected chi connectivity index (χ4v) is 1.45. The van der Waals surface area contributed by atoms with Gasteiger partial charge in [-0.25, -0.2) is 0 Å². The lowest BCUT2D eigenvalue weighted by Crippen LogP contribution is -2.18. The fraction of sp³-hybridized carbons (Fsp3) is 0.400. The second-order valence-electron chi connectivity index (χ2n) is 3.16. The van der Waals surface area contributed by atoms with Gasteiger partial charge in [-0.1, -0.05) is 12.1 Å².